The number of halogens is 1. The predicted octanol–water partition coefficient (Wildman–Crippen LogP) is 3.52. The summed E-state index contributed by atoms with van der Waals surface area (Å²) in [5.74, 6) is 0.181. The lowest BCUT2D eigenvalue weighted by Crippen LogP contribution is -2.53. The van der Waals surface area contributed by atoms with E-state index in [1.54, 1.807) is 29.2 Å². The average molecular weight is 373 g/mol. The molecule has 0 aliphatic carbocycles. The highest BCUT2D eigenvalue weighted by molar-refractivity contribution is 6.30. The Bertz CT molecular complexity index is 805. The van der Waals surface area contributed by atoms with Crippen molar-refractivity contribution >= 4 is 29.1 Å². The third-order valence-electron chi connectivity index (χ3n) is 4.32. The van der Waals surface area contributed by atoms with Crippen molar-refractivity contribution in [1.82, 2.24) is 5.32 Å². The highest BCUT2D eigenvalue weighted by Gasteiger charge is 2.32. The van der Waals surface area contributed by atoms with Crippen LogP contribution in [-0.2, 0) is 4.79 Å². The lowest BCUT2D eigenvalue weighted by atomic mass is 10.0. The predicted molar refractivity (Wildman–Crippen MR) is 102 cm³/mol. The standard InChI is InChI=1S/C20H21ClN2O3/c1-13(2)18(22-19(24)14-7-9-15(21)10-8-14)20(25)23-11-12-26-17-6-4-3-5-16(17)23/h3-10,13,18H,11-12H2,1-2H3,(H,22,24)/t18-/m0/s1. The van der Waals surface area contributed by atoms with Gasteiger partial charge in [0.1, 0.15) is 18.4 Å². The molecule has 2 amide bonds. The van der Waals surface area contributed by atoms with Gasteiger partial charge >= 0.3 is 0 Å². The number of para-hydroxylation sites is 2. The number of amides is 2. The van der Waals surface area contributed by atoms with Gasteiger partial charge in [0.25, 0.3) is 5.91 Å². The van der Waals surface area contributed by atoms with Crippen molar-refractivity contribution in [3.8, 4) is 5.75 Å². The van der Waals surface area contributed by atoms with Crippen LogP contribution in [0.1, 0.15) is 24.2 Å². The number of rotatable bonds is 4. The normalized spacial score (nSPS) is 14.4. The van der Waals surface area contributed by atoms with E-state index in [0.717, 1.165) is 5.69 Å². The first-order valence-corrected chi connectivity index (χ1v) is 8.95. The summed E-state index contributed by atoms with van der Waals surface area (Å²) in [5.41, 5.74) is 1.20. The van der Waals surface area contributed by atoms with E-state index in [-0.39, 0.29) is 17.7 Å². The number of carbonyl (C=O) groups is 2. The Kier molecular flexibility index (Phi) is 5.47. The molecule has 1 heterocycles. The highest BCUT2D eigenvalue weighted by atomic mass is 35.5. The summed E-state index contributed by atoms with van der Waals surface area (Å²) < 4.78 is 5.61. The molecular formula is C20H21ClN2O3. The first kappa shape index (κ1) is 18.3. The second-order valence-corrected chi connectivity index (χ2v) is 6.94. The minimum Gasteiger partial charge on any atom is -0.490 e. The van der Waals surface area contributed by atoms with Crippen LogP contribution in [0.25, 0.3) is 0 Å². The number of anilines is 1. The molecule has 0 saturated carbocycles. The zero-order valence-corrected chi connectivity index (χ0v) is 15.5. The molecule has 0 spiro atoms. The van der Waals surface area contributed by atoms with E-state index < -0.39 is 6.04 Å². The Morgan fingerprint density at radius 3 is 2.50 bits per heavy atom. The number of ether oxygens (including phenoxy) is 1. The molecule has 1 aliphatic heterocycles. The summed E-state index contributed by atoms with van der Waals surface area (Å²) in [6, 6.07) is 13.4. The van der Waals surface area contributed by atoms with Crippen LogP contribution in [0.2, 0.25) is 5.02 Å². The fourth-order valence-corrected chi connectivity index (χ4v) is 3.03. The number of nitrogens with one attached hydrogen (secondary N) is 1. The lowest BCUT2D eigenvalue weighted by Gasteiger charge is -2.33. The molecule has 136 valence electrons. The highest BCUT2D eigenvalue weighted by Crippen LogP contribution is 2.31. The van der Waals surface area contributed by atoms with Gasteiger partial charge in [-0.25, -0.2) is 0 Å². The van der Waals surface area contributed by atoms with Gasteiger partial charge in [0.05, 0.1) is 12.2 Å². The van der Waals surface area contributed by atoms with Gasteiger partial charge in [-0.15, -0.1) is 0 Å². The molecule has 0 bridgehead atoms. The molecule has 0 aromatic heterocycles. The Hall–Kier alpha value is -2.53. The van der Waals surface area contributed by atoms with Gasteiger partial charge in [-0.05, 0) is 42.3 Å². The second-order valence-electron chi connectivity index (χ2n) is 6.51. The molecule has 2 aromatic carbocycles. The van der Waals surface area contributed by atoms with E-state index >= 15 is 0 Å². The van der Waals surface area contributed by atoms with Crippen LogP contribution < -0.4 is 15.0 Å². The molecule has 2 aromatic rings. The van der Waals surface area contributed by atoms with Crippen LogP contribution in [-0.4, -0.2) is 31.0 Å². The van der Waals surface area contributed by atoms with Crippen LogP contribution >= 0.6 is 11.6 Å². The molecule has 1 N–H and O–H groups in total. The van der Waals surface area contributed by atoms with Gasteiger partial charge in [0.2, 0.25) is 5.91 Å². The van der Waals surface area contributed by atoms with E-state index in [1.807, 2.05) is 38.1 Å². The van der Waals surface area contributed by atoms with Gasteiger partial charge in [-0.3, -0.25) is 9.59 Å². The molecule has 1 atom stereocenters. The summed E-state index contributed by atoms with van der Waals surface area (Å²) in [6.45, 7) is 4.71. The Morgan fingerprint density at radius 2 is 1.81 bits per heavy atom. The van der Waals surface area contributed by atoms with Crippen LogP contribution in [0, 0.1) is 5.92 Å². The van der Waals surface area contributed by atoms with E-state index in [0.29, 0.717) is 29.5 Å². The zero-order chi connectivity index (χ0) is 18.7. The molecule has 26 heavy (non-hydrogen) atoms. The smallest absolute Gasteiger partial charge is 0.251 e. The van der Waals surface area contributed by atoms with Crippen molar-refractivity contribution in [2.45, 2.75) is 19.9 Å². The van der Waals surface area contributed by atoms with Crippen LogP contribution in [0.4, 0.5) is 5.69 Å². The number of benzene rings is 2. The number of hydrogen-bond donors (Lipinski definition) is 1. The van der Waals surface area contributed by atoms with E-state index in [2.05, 4.69) is 5.32 Å². The summed E-state index contributed by atoms with van der Waals surface area (Å²) in [4.78, 5) is 27.4. The molecule has 5 nitrogen and oxygen atoms in total. The number of fused-ring (bicyclic) bond motifs is 1. The molecule has 0 unspecified atom stereocenters. The van der Waals surface area contributed by atoms with Crippen molar-refractivity contribution in [2.75, 3.05) is 18.1 Å². The first-order chi connectivity index (χ1) is 12.5. The number of hydrogen-bond acceptors (Lipinski definition) is 3. The Labute approximate surface area is 157 Å². The van der Waals surface area contributed by atoms with Crippen LogP contribution in [0.5, 0.6) is 5.75 Å². The summed E-state index contributed by atoms with van der Waals surface area (Å²) in [7, 11) is 0. The first-order valence-electron chi connectivity index (χ1n) is 8.57. The summed E-state index contributed by atoms with van der Waals surface area (Å²) in [6.07, 6.45) is 0. The molecule has 6 heteroatoms. The van der Waals surface area contributed by atoms with Crippen molar-refractivity contribution in [3.63, 3.8) is 0 Å². The molecule has 0 radical (unpaired) electrons. The number of nitrogens with zero attached hydrogens (tertiary/aromatic N) is 1. The van der Waals surface area contributed by atoms with E-state index in [4.69, 9.17) is 16.3 Å². The summed E-state index contributed by atoms with van der Waals surface area (Å²) in [5, 5.41) is 3.42. The molecule has 0 saturated heterocycles. The topological polar surface area (TPSA) is 58.6 Å². The minimum absolute atomic E-state index is 0.0613. The third kappa shape index (κ3) is 3.83. The van der Waals surface area contributed by atoms with E-state index in [1.165, 1.54) is 0 Å². The maximum atomic E-state index is 13.2. The third-order valence-corrected chi connectivity index (χ3v) is 4.57. The quantitative estimate of drug-likeness (QED) is 0.893. The zero-order valence-electron chi connectivity index (χ0n) is 14.7. The van der Waals surface area contributed by atoms with Crippen molar-refractivity contribution in [2.24, 2.45) is 5.92 Å². The Morgan fingerprint density at radius 1 is 1.12 bits per heavy atom. The fraction of sp³-hybridized carbons (Fsp3) is 0.300. The SMILES string of the molecule is CC(C)[C@H](NC(=O)c1ccc(Cl)cc1)C(=O)N1CCOc2ccccc21. The van der Waals surface area contributed by atoms with Crippen molar-refractivity contribution < 1.29 is 14.3 Å². The largest absolute Gasteiger partial charge is 0.490 e. The molecule has 3 rings (SSSR count). The van der Waals surface area contributed by atoms with Gasteiger partial charge in [-0.2, -0.15) is 0 Å². The van der Waals surface area contributed by atoms with Gasteiger partial charge in [0, 0.05) is 10.6 Å². The second kappa shape index (κ2) is 7.79. The molecule has 0 fully saturated rings. The van der Waals surface area contributed by atoms with Gasteiger partial charge < -0.3 is 15.0 Å². The van der Waals surface area contributed by atoms with Crippen molar-refractivity contribution in [1.29, 1.82) is 0 Å². The summed E-state index contributed by atoms with van der Waals surface area (Å²) >= 11 is 5.87. The molecular weight excluding hydrogens is 352 g/mol. The molecule has 1 aliphatic rings. The monoisotopic (exact) mass is 372 g/mol. The van der Waals surface area contributed by atoms with E-state index in [9.17, 15) is 9.59 Å². The average Bonchev–Trinajstić information content (AvgIpc) is 2.65. The van der Waals surface area contributed by atoms with Gasteiger partial charge in [0.15, 0.2) is 0 Å². The van der Waals surface area contributed by atoms with Crippen LogP contribution in [0.3, 0.4) is 0 Å². The number of carbonyl (C=O) groups excluding carboxylic acids is 2. The fourth-order valence-electron chi connectivity index (χ4n) is 2.91. The maximum Gasteiger partial charge on any atom is 0.251 e. The van der Waals surface area contributed by atoms with Crippen LogP contribution in [0.15, 0.2) is 48.5 Å². The lowest BCUT2D eigenvalue weighted by molar-refractivity contribution is -0.121. The maximum absolute atomic E-state index is 13.2. The minimum atomic E-state index is -0.635. The van der Waals surface area contributed by atoms with Gasteiger partial charge in [-0.1, -0.05) is 37.6 Å². The van der Waals surface area contributed by atoms with Crippen molar-refractivity contribution in [3.05, 3.63) is 59.1 Å². The Balaban J connectivity index is 1.81.